The summed E-state index contributed by atoms with van der Waals surface area (Å²) in [6.45, 7) is 10.3. The fourth-order valence-corrected chi connectivity index (χ4v) is 3.99. The zero-order chi connectivity index (χ0) is 21.3. The Hall–Kier alpha value is -2.14. The van der Waals surface area contributed by atoms with Gasteiger partial charge in [-0.15, -0.1) is 24.0 Å². The Morgan fingerprint density at radius 2 is 1.94 bits per heavy atom. The summed E-state index contributed by atoms with van der Waals surface area (Å²) in [6.07, 6.45) is 5.60. The van der Waals surface area contributed by atoms with Crippen molar-refractivity contribution in [1.82, 2.24) is 25.5 Å². The Morgan fingerprint density at radius 3 is 2.72 bits per heavy atom. The van der Waals surface area contributed by atoms with Crippen LogP contribution in [-0.2, 0) is 12.8 Å². The predicted octanol–water partition coefficient (Wildman–Crippen LogP) is 1.95. The Labute approximate surface area is 207 Å². The predicted molar refractivity (Wildman–Crippen MR) is 139 cm³/mol. The molecule has 4 rings (SSSR count). The van der Waals surface area contributed by atoms with Crippen LogP contribution < -0.4 is 20.3 Å². The first-order valence-electron chi connectivity index (χ1n) is 11.3. The number of hydrogen-bond donors (Lipinski definition) is 2. The topological polar surface area (TPSA) is 77.9 Å². The molecule has 0 bridgehead atoms. The zero-order valence-corrected chi connectivity index (χ0v) is 21.1. The maximum absolute atomic E-state index is 5.59. The van der Waals surface area contributed by atoms with Gasteiger partial charge in [0.2, 0.25) is 5.95 Å². The summed E-state index contributed by atoms with van der Waals surface area (Å²) in [6, 6.07) is 8.39. The number of nitrogens with zero attached hydrogens (tertiary/aromatic N) is 5. The first-order chi connectivity index (χ1) is 15.3. The Kier molecular flexibility index (Phi) is 9.79. The number of rotatable bonds is 8. The number of fused-ring (bicyclic) bond motifs is 1. The number of ether oxygens (including phenoxy) is 1. The van der Waals surface area contributed by atoms with E-state index >= 15 is 0 Å². The van der Waals surface area contributed by atoms with Gasteiger partial charge >= 0.3 is 0 Å². The molecule has 9 heteroatoms. The lowest BCUT2D eigenvalue weighted by Crippen LogP contribution is -2.47. The number of hydrogen-bond acceptors (Lipinski definition) is 6. The van der Waals surface area contributed by atoms with E-state index in [-0.39, 0.29) is 24.0 Å². The van der Waals surface area contributed by atoms with Crippen molar-refractivity contribution in [2.45, 2.75) is 19.8 Å². The maximum Gasteiger partial charge on any atom is 0.225 e. The number of nitrogens with one attached hydrogen (secondary N) is 2. The second kappa shape index (κ2) is 12.8. The first-order valence-corrected chi connectivity index (χ1v) is 11.3. The third kappa shape index (κ3) is 6.93. The van der Waals surface area contributed by atoms with Crippen LogP contribution in [0.15, 0.2) is 41.7 Å². The second-order valence-corrected chi connectivity index (χ2v) is 7.86. The normalized spacial score (nSPS) is 16.2. The average Bonchev–Trinajstić information content (AvgIpc) is 3.28. The van der Waals surface area contributed by atoms with Gasteiger partial charge in [-0.2, -0.15) is 0 Å². The van der Waals surface area contributed by atoms with Crippen molar-refractivity contribution in [1.29, 1.82) is 0 Å². The van der Waals surface area contributed by atoms with Gasteiger partial charge in [-0.05, 0) is 36.6 Å². The molecule has 0 atom stereocenters. The van der Waals surface area contributed by atoms with Crippen LogP contribution in [0, 0.1) is 0 Å². The molecule has 0 spiro atoms. The molecule has 2 N–H and O–H groups in total. The molecule has 2 aromatic rings. The van der Waals surface area contributed by atoms with Gasteiger partial charge in [0, 0.05) is 64.6 Å². The molecule has 3 heterocycles. The molecule has 32 heavy (non-hydrogen) atoms. The highest BCUT2D eigenvalue weighted by atomic mass is 127. The molecule has 1 aromatic carbocycles. The summed E-state index contributed by atoms with van der Waals surface area (Å²) < 4.78 is 5.59. The van der Waals surface area contributed by atoms with Crippen LogP contribution in [0.5, 0.6) is 5.75 Å². The lowest BCUT2D eigenvalue weighted by atomic mass is 10.1. The molecular weight excluding hydrogens is 517 g/mol. The molecule has 1 fully saturated rings. The van der Waals surface area contributed by atoms with Crippen molar-refractivity contribution in [3.63, 3.8) is 0 Å². The van der Waals surface area contributed by atoms with Gasteiger partial charge in [-0.1, -0.05) is 12.1 Å². The third-order valence-electron chi connectivity index (χ3n) is 5.70. The largest absolute Gasteiger partial charge is 0.493 e. The molecule has 0 aliphatic carbocycles. The fraction of sp³-hybridized carbons (Fsp3) is 0.522. The summed E-state index contributed by atoms with van der Waals surface area (Å²) in [7, 11) is 0. The molecule has 0 radical (unpaired) electrons. The number of aromatic nitrogens is 2. The fourth-order valence-electron chi connectivity index (χ4n) is 3.99. The van der Waals surface area contributed by atoms with Gasteiger partial charge in [0.05, 0.1) is 13.2 Å². The minimum absolute atomic E-state index is 0. The van der Waals surface area contributed by atoms with E-state index in [1.165, 1.54) is 11.1 Å². The van der Waals surface area contributed by atoms with Crippen molar-refractivity contribution >= 4 is 35.9 Å². The van der Waals surface area contributed by atoms with E-state index < -0.39 is 0 Å². The molecular formula is C23H34IN7O. The molecule has 8 nitrogen and oxygen atoms in total. The van der Waals surface area contributed by atoms with Gasteiger partial charge in [0.1, 0.15) is 5.75 Å². The van der Waals surface area contributed by atoms with E-state index in [9.17, 15) is 0 Å². The maximum atomic E-state index is 5.59. The van der Waals surface area contributed by atoms with Crippen LogP contribution in [-0.4, -0.2) is 79.8 Å². The molecule has 174 valence electrons. The highest BCUT2D eigenvalue weighted by molar-refractivity contribution is 14.0. The number of anilines is 1. The van der Waals surface area contributed by atoms with Crippen LogP contribution in [0.3, 0.4) is 0 Å². The minimum Gasteiger partial charge on any atom is -0.493 e. The van der Waals surface area contributed by atoms with Crippen molar-refractivity contribution in [2.75, 3.05) is 63.9 Å². The van der Waals surface area contributed by atoms with Crippen molar-refractivity contribution in [3.05, 3.63) is 47.8 Å². The molecule has 0 amide bonds. The molecule has 0 unspecified atom stereocenters. The molecule has 2 aliphatic heterocycles. The van der Waals surface area contributed by atoms with Crippen LogP contribution in [0.2, 0.25) is 0 Å². The smallest absolute Gasteiger partial charge is 0.225 e. The monoisotopic (exact) mass is 551 g/mol. The second-order valence-electron chi connectivity index (χ2n) is 7.86. The van der Waals surface area contributed by atoms with Crippen LogP contribution in [0.1, 0.15) is 18.1 Å². The summed E-state index contributed by atoms with van der Waals surface area (Å²) >= 11 is 0. The van der Waals surface area contributed by atoms with Gasteiger partial charge < -0.3 is 20.3 Å². The Bertz CT molecular complexity index is 857. The number of aliphatic imine (C=N–C) groups is 1. The first kappa shape index (κ1) is 24.5. The van der Waals surface area contributed by atoms with Crippen LogP contribution in [0.25, 0.3) is 0 Å². The van der Waals surface area contributed by atoms with E-state index in [0.717, 1.165) is 89.5 Å². The summed E-state index contributed by atoms with van der Waals surface area (Å²) in [5.74, 6) is 2.77. The SMILES string of the molecule is CCNC(=NCCN1CCN(c2ncccn2)CC1)NCCc1ccc2c(c1)CCO2.I. The van der Waals surface area contributed by atoms with Gasteiger partial charge in [0.15, 0.2) is 5.96 Å². The molecule has 1 saturated heterocycles. The Morgan fingerprint density at radius 1 is 1.12 bits per heavy atom. The summed E-state index contributed by atoms with van der Waals surface area (Å²) in [5, 5.41) is 6.82. The standard InChI is InChI=1S/C23H33N7O.HI/c1-2-24-22(25-10-6-19-4-5-21-20(18-19)7-17-31-21)26-11-12-29-13-15-30(16-14-29)23-27-8-3-9-28-23;/h3-5,8-9,18H,2,6-7,10-17H2,1H3,(H2,24,25,26);1H. The number of halogens is 1. The van der Waals surface area contributed by atoms with Gasteiger partial charge in [-0.3, -0.25) is 9.89 Å². The van der Waals surface area contributed by atoms with E-state index in [0.29, 0.717) is 0 Å². The minimum atomic E-state index is 0. The van der Waals surface area contributed by atoms with Crippen LogP contribution >= 0.6 is 24.0 Å². The van der Waals surface area contributed by atoms with Crippen LogP contribution in [0.4, 0.5) is 5.95 Å². The molecule has 1 aromatic heterocycles. The highest BCUT2D eigenvalue weighted by Crippen LogP contribution is 2.25. The van der Waals surface area contributed by atoms with Crippen molar-refractivity contribution in [3.8, 4) is 5.75 Å². The molecule has 2 aliphatic rings. The summed E-state index contributed by atoms with van der Waals surface area (Å²) in [5.41, 5.74) is 2.67. The number of benzene rings is 1. The van der Waals surface area contributed by atoms with E-state index in [2.05, 4.69) is 55.5 Å². The number of piperazine rings is 1. The average molecular weight is 551 g/mol. The number of guanidine groups is 1. The summed E-state index contributed by atoms with van der Waals surface area (Å²) in [4.78, 5) is 18.2. The lowest BCUT2D eigenvalue weighted by molar-refractivity contribution is 0.263. The zero-order valence-electron chi connectivity index (χ0n) is 18.8. The van der Waals surface area contributed by atoms with E-state index in [1.807, 2.05) is 6.07 Å². The third-order valence-corrected chi connectivity index (χ3v) is 5.70. The highest BCUT2D eigenvalue weighted by Gasteiger charge is 2.18. The lowest BCUT2D eigenvalue weighted by Gasteiger charge is -2.34. The van der Waals surface area contributed by atoms with Gasteiger partial charge in [0.25, 0.3) is 0 Å². The van der Waals surface area contributed by atoms with Crippen molar-refractivity contribution in [2.24, 2.45) is 4.99 Å². The van der Waals surface area contributed by atoms with E-state index in [1.54, 1.807) is 12.4 Å². The van der Waals surface area contributed by atoms with Gasteiger partial charge in [-0.25, -0.2) is 9.97 Å². The quantitative estimate of drug-likeness (QED) is 0.295. The van der Waals surface area contributed by atoms with Crippen molar-refractivity contribution < 1.29 is 4.74 Å². The Balaban J connectivity index is 0.00000289. The molecule has 0 saturated carbocycles. The van der Waals surface area contributed by atoms with E-state index in [4.69, 9.17) is 9.73 Å².